The fraction of sp³-hybridized carbons (Fsp3) is 0.529. The van der Waals surface area contributed by atoms with Crippen molar-refractivity contribution in [2.24, 2.45) is 5.16 Å². The molecule has 1 aromatic carbocycles. The van der Waals surface area contributed by atoms with Crippen LogP contribution in [0.25, 0.3) is 0 Å². The molecule has 0 heterocycles. The summed E-state index contributed by atoms with van der Waals surface area (Å²) < 4.78 is 5.52. The van der Waals surface area contributed by atoms with Gasteiger partial charge in [-0.15, -0.1) is 0 Å². The monoisotopic (exact) mass is 323 g/mol. The van der Waals surface area contributed by atoms with Gasteiger partial charge in [-0.1, -0.05) is 35.3 Å². The molecule has 4 nitrogen and oxygen atoms in total. The van der Waals surface area contributed by atoms with Crippen molar-refractivity contribution in [1.82, 2.24) is 0 Å². The maximum absolute atomic E-state index is 12.0. The van der Waals surface area contributed by atoms with Crippen LogP contribution < -0.4 is 0 Å². The minimum Gasteiger partial charge on any atom is -0.462 e. The molecule has 0 bridgehead atoms. The Morgan fingerprint density at radius 2 is 1.86 bits per heavy atom. The SMILES string of the molecule is CO/N=C(\CCC(=O)OC1CCCCC1)c1ccc(Cl)cc1. The minimum atomic E-state index is -0.162. The zero-order valence-corrected chi connectivity index (χ0v) is 13.6. The normalized spacial score (nSPS) is 16.4. The lowest BCUT2D eigenvalue weighted by atomic mass is 9.98. The summed E-state index contributed by atoms with van der Waals surface area (Å²) in [6.45, 7) is 0. The van der Waals surface area contributed by atoms with Crippen LogP contribution in [-0.4, -0.2) is 24.9 Å². The zero-order valence-electron chi connectivity index (χ0n) is 12.9. The summed E-state index contributed by atoms with van der Waals surface area (Å²) in [6.07, 6.45) is 6.42. The van der Waals surface area contributed by atoms with Crippen molar-refractivity contribution in [2.75, 3.05) is 7.11 Å². The van der Waals surface area contributed by atoms with Crippen LogP contribution >= 0.6 is 11.6 Å². The maximum atomic E-state index is 12.0. The van der Waals surface area contributed by atoms with E-state index in [4.69, 9.17) is 21.2 Å². The van der Waals surface area contributed by atoms with Gasteiger partial charge in [-0.2, -0.15) is 0 Å². The topological polar surface area (TPSA) is 47.9 Å². The van der Waals surface area contributed by atoms with E-state index < -0.39 is 0 Å². The summed E-state index contributed by atoms with van der Waals surface area (Å²) in [6, 6.07) is 7.32. The number of benzene rings is 1. The lowest BCUT2D eigenvalue weighted by Crippen LogP contribution is -2.21. The van der Waals surface area contributed by atoms with E-state index in [-0.39, 0.29) is 12.1 Å². The molecule has 0 unspecified atom stereocenters. The average Bonchev–Trinajstić information content (AvgIpc) is 2.53. The van der Waals surface area contributed by atoms with Crippen LogP contribution in [-0.2, 0) is 14.4 Å². The van der Waals surface area contributed by atoms with Gasteiger partial charge >= 0.3 is 5.97 Å². The molecular weight excluding hydrogens is 302 g/mol. The first kappa shape index (κ1) is 16.8. The van der Waals surface area contributed by atoms with E-state index in [1.54, 1.807) is 12.1 Å². The van der Waals surface area contributed by atoms with Crippen LogP contribution in [0.4, 0.5) is 0 Å². The highest BCUT2D eigenvalue weighted by molar-refractivity contribution is 6.30. The van der Waals surface area contributed by atoms with Crippen molar-refractivity contribution in [3.05, 3.63) is 34.9 Å². The van der Waals surface area contributed by atoms with Crippen LogP contribution in [0.2, 0.25) is 5.02 Å². The lowest BCUT2D eigenvalue weighted by Gasteiger charge is -2.21. The molecule has 22 heavy (non-hydrogen) atoms. The van der Waals surface area contributed by atoms with Crippen LogP contribution in [0, 0.1) is 0 Å². The molecule has 1 fully saturated rings. The number of halogens is 1. The van der Waals surface area contributed by atoms with Crippen molar-refractivity contribution >= 4 is 23.3 Å². The predicted octanol–water partition coefficient (Wildman–Crippen LogP) is 4.35. The molecule has 0 saturated heterocycles. The van der Waals surface area contributed by atoms with Crippen LogP contribution in [0.3, 0.4) is 0 Å². The first-order valence-electron chi connectivity index (χ1n) is 7.74. The fourth-order valence-electron chi connectivity index (χ4n) is 2.64. The van der Waals surface area contributed by atoms with Crippen LogP contribution in [0.15, 0.2) is 29.4 Å². The highest BCUT2D eigenvalue weighted by Crippen LogP contribution is 2.21. The molecule has 1 aliphatic rings. The van der Waals surface area contributed by atoms with Crippen molar-refractivity contribution < 1.29 is 14.4 Å². The molecule has 0 radical (unpaired) electrons. The van der Waals surface area contributed by atoms with Gasteiger partial charge in [0.15, 0.2) is 0 Å². The Bertz CT molecular complexity index is 507. The van der Waals surface area contributed by atoms with E-state index in [1.165, 1.54) is 13.5 Å². The smallest absolute Gasteiger partial charge is 0.306 e. The Labute approximate surface area is 136 Å². The first-order valence-corrected chi connectivity index (χ1v) is 8.12. The van der Waals surface area contributed by atoms with Gasteiger partial charge in [-0.05, 0) is 43.4 Å². The minimum absolute atomic E-state index is 0.0968. The quantitative estimate of drug-likeness (QED) is 0.444. The van der Waals surface area contributed by atoms with Gasteiger partial charge in [0.25, 0.3) is 0 Å². The number of nitrogens with zero attached hydrogens (tertiary/aromatic N) is 1. The molecule has 5 heteroatoms. The Morgan fingerprint density at radius 3 is 2.50 bits per heavy atom. The molecule has 1 aromatic rings. The molecule has 0 atom stereocenters. The highest BCUT2D eigenvalue weighted by Gasteiger charge is 2.18. The number of hydrogen-bond donors (Lipinski definition) is 0. The van der Waals surface area contributed by atoms with E-state index in [0.29, 0.717) is 17.9 Å². The fourth-order valence-corrected chi connectivity index (χ4v) is 2.77. The summed E-state index contributed by atoms with van der Waals surface area (Å²) in [5, 5.41) is 4.67. The standard InChI is InChI=1S/C17H22ClNO3/c1-21-19-16(13-7-9-14(18)10-8-13)11-12-17(20)22-15-5-3-2-4-6-15/h7-10,15H,2-6,11-12H2,1H3/b19-16+. The van der Waals surface area contributed by atoms with Gasteiger partial charge < -0.3 is 9.57 Å². The van der Waals surface area contributed by atoms with Crippen LogP contribution in [0.1, 0.15) is 50.5 Å². The molecule has 1 aliphatic carbocycles. The number of hydrogen-bond acceptors (Lipinski definition) is 4. The number of carbonyl (C=O) groups excluding carboxylic acids is 1. The van der Waals surface area contributed by atoms with Gasteiger partial charge in [-0.25, -0.2) is 0 Å². The Kier molecular flexibility index (Phi) is 6.72. The van der Waals surface area contributed by atoms with E-state index in [0.717, 1.165) is 37.0 Å². The zero-order chi connectivity index (χ0) is 15.8. The van der Waals surface area contributed by atoms with E-state index in [9.17, 15) is 4.79 Å². The second-order valence-corrected chi connectivity index (χ2v) is 5.91. The molecule has 0 aliphatic heterocycles. The van der Waals surface area contributed by atoms with Crippen molar-refractivity contribution in [2.45, 2.75) is 51.0 Å². The number of carbonyl (C=O) groups is 1. The van der Waals surface area contributed by atoms with Crippen LogP contribution in [0.5, 0.6) is 0 Å². The third kappa shape index (κ3) is 5.34. The van der Waals surface area contributed by atoms with E-state index in [2.05, 4.69) is 5.16 Å². The van der Waals surface area contributed by atoms with Gasteiger partial charge in [0, 0.05) is 11.4 Å². The summed E-state index contributed by atoms with van der Waals surface area (Å²) in [5.41, 5.74) is 1.62. The summed E-state index contributed by atoms with van der Waals surface area (Å²) in [7, 11) is 1.50. The lowest BCUT2D eigenvalue weighted by molar-refractivity contribution is -0.150. The molecular formula is C17H22ClNO3. The van der Waals surface area contributed by atoms with Crippen molar-refractivity contribution in [3.63, 3.8) is 0 Å². The van der Waals surface area contributed by atoms with Crippen molar-refractivity contribution in [3.8, 4) is 0 Å². The number of ether oxygens (including phenoxy) is 1. The van der Waals surface area contributed by atoms with Gasteiger partial charge in [0.05, 0.1) is 12.1 Å². The third-order valence-electron chi connectivity index (χ3n) is 3.80. The van der Waals surface area contributed by atoms with Crippen molar-refractivity contribution in [1.29, 1.82) is 0 Å². The summed E-state index contributed by atoms with van der Waals surface area (Å²) in [4.78, 5) is 16.8. The van der Waals surface area contributed by atoms with Gasteiger partial charge in [-0.3, -0.25) is 4.79 Å². The number of rotatable bonds is 6. The largest absolute Gasteiger partial charge is 0.462 e. The Balaban J connectivity index is 1.87. The predicted molar refractivity (Wildman–Crippen MR) is 87.2 cm³/mol. The molecule has 1 saturated carbocycles. The summed E-state index contributed by atoms with van der Waals surface area (Å²) >= 11 is 5.88. The Morgan fingerprint density at radius 1 is 1.18 bits per heavy atom. The second-order valence-electron chi connectivity index (χ2n) is 5.48. The van der Waals surface area contributed by atoms with E-state index >= 15 is 0 Å². The molecule has 0 spiro atoms. The number of oxime groups is 1. The molecule has 0 amide bonds. The Hall–Kier alpha value is -1.55. The maximum Gasteiger partial charge on any atom is 0.306 e. The average molecular weight is 324 g/mol. The second kappa shape index (κ2) is 8.79. The van der Waals surface area contributed by atoms with E-state index in [1.807, 2.05) is 12.1 Å². The molecule has 2 rings (SSSR count). The first-order chi connectivity index (χ1) is 10.7. The molecule has 0 aromatic heterocycles. The summed E-state index contributed by atoms with van der Waals surface area (Å²) in [5.74, 6) is -0.162. The molecule has 0 N–H and O–H groups in total. The molecule has 120 valence electrons. The van der Waals surface area contributed by atoms with Gasteiger partial charge in [0.2, 0.25) is 0 Å². The third-order valence-corrected chi connectivity index (χ3v) is 4.05. The van der Waals surface area contributed by atoms with Gasteiger partial charge in [0.1, 0.15) is 13.2 Å². The number of esters is 1. The highest BCUT2D eigenvalue weighted by atomic mass is 35.5.